The molecule has 0 heterocycles. The highest BCUT2D eigenvalue weighted by Gasteiger charge is 2.05. The summed E-state index contributed by atoms with van der Waals surface area (Å²) in [7, 11) is 1.57. The molecule has 0 atom stereocenters. The summed E-state index contributed by atoms with van der Waals surface area (Å²) in [4.78, 5) is 11.8. The maximum Gasteiger partial charge on any atom is 0.259 e. The lowest BCUT2D eigenvalue weighted by atomic mass is 10.2. The zero-order valence-corrected chi connectivity index (χ0v) is 13.9. The van der Waals surface area contributed by atoms with Gasteiger partial charge in [0.25, 0.3) is 5.91 Å². The number of benzene rings is 2. The fourth-order valence-electron chi connectivity index (χ4n) is 1.81. The van der Waals surface area contributed by atoms with Crippen molar-refractivity contribution in [2.24, 2.45) is 5.10 Å². The van der Waals surface area contributed by atoms with Gasteiger partial charge in [-0.05, 0) is 24.3 Å². The number of amides is 1. The zero-order valence-electron chi connectivity index (χ0n) is 12.3. The number of ether oxygens (including phenoxy) is 1. The summed E-state index contributed by atoms with van der Waals surface area (Å²) in [5.74, 6) is 0.349. The van der Waals surface area contributed by atoms with Crippen molar-refractivity contribution >= 4 is 41.0 Å². The minimum atomic E-state index is -0.310. The van der Waals surface area contributed by atoms with Crippen LogP contribution in [0.15, 0.2) is 47.6 Å². The van der Waals surface area contributed by atoms with Gasteiger partial charge in [0.2, 0.25) is 0 Å². The second-order valence-corrected chi connectivity index (χ2v) is 5.30. The van der Waals surface area contributed by atoms with E-state index in [-0.39, 0.29) is 12.5 Å². The number of hydrazone groups is 1. The van der Waals surface area contributed by atoms with E-state index in [2.05, 4.69) is 15.8 Å². The lowest BCUT2D eigenvalue weighted by molar-refractivity contribution is -0.119. The number of halogens is 2. The van der Waals surface area contributed by atoms with E-state index < -0.39 is 0 Å². The fraction of sp³-hybridized carbons (Fsp3) is 0.125. The van der Waals surface area contributed by atoms with Gasteiger partial charge in [-0.15, -0.1) is 0 Å². The third-order valence-corrected chi connectivity index (χ3v) is 3.59. The molecule has 2 N–H and O–H groups in total. The van der Waals surface area contributed by atoms with Gasteiger partial charge in [-0.2, -0.15) is 5.10 Å². The Morgan fingerprint density at radius 1 is 1.17 bits per heavy atom. The van der Waals surface area contributed by atoms with Crippen LogP contribution in [0.3, 0.4) is 0 Å². The van der Waals surface area contributed by atoms with Gasteiger partial charge < -0.3 is 10.1 Å². The Bertz CT molecular complexity index is 700. The van der Waals surface area contributed by atoms with Gasteiger partial charge in [-0.1, -0.05) is 41.4 Å². The van der Waals surface area contributed by atoms with E-state index >= 15 is 0 Å². The van der Waals surface area contributed by atoms with Gasteiger partial charge >= 0.3 is 0 Å². The maximum absolute atomic E-state index is 11.8. The molecular weight excluding hydrogens is 337 g/mol. The van der Waals surface area contributed by atoms with Crippen LogP contribution in [-0.2, 0) is 4.79 Å². The first kappa shape index (κ1) is 17.1. The average Bonchev–Trinajstić information content (AvgIpc) is 2.56. The standard InChI is InChI=1S/C16H15Cl2N3O2/c1-23-15-8-3-2-7-14(15)19-10-16(22)21-20-9-11-12(17)5-4-6-13(11)18/h2-9,19H,10H2,1H3,(H,21,22)/b20-9+. The Morgan fingerprint density at radius 2 is 1.87 bits per heavy atom. The van der Waals surface area contributed by atoms with Crippen LogP contribution in [0.5, 0.6) is 5.75 Å². The van der Waals surface area contributed by atoms with Crippen LogP contribution in [0.2, 0.25) is 10.0 Å². The zero-order chi connectivity index (χ0) is 16.7. The molecule has 0 aliphatic heterocycles. The van der Waals surface area contributed by atoms with Crippen molar-refractivity contribution < 1.29 is 9.53 Å². The summed E-state index contributed by atoms with van der Waals surface area (Å²) in [6.45, 7) is 0.0496. The van der Waals surface area contributed by atoms with Crippen molar-refractivity contribution in [3.8, 4) is 5.75 Å². The van der Waals surface area contributed by atoms with Crippen molar-refractivity contribution in [3.05, 3.63) is 58.1 Å². The third-order valence-electron chi connectivity index (χ3n) is 2.93. The van der Waals surface area contributed by atoms with Crippen molar-refractivity contribution in [2.45, 2.75) is 0 Å². The highest BCUT2D eigenvalue weighted by Crippen LogP contribution is 2.23. The summed E-state index contributed by atoms with van der Waals surface area (Å²) in [5.41, 5.74) is 3.68. The van der Waals surface area contributed by atoms with Gasteiger partial charge in [0.15, 0.2) is 0 Å². The quantitative estimate of drug-likeness (QED) is 0.617. The summed E-state index contributed by atoms with van der Waals surface area (Å²) in [6, 6.07) is 12.4. The van der Waals surface area contributed by atoms with E-state index in [1.807, 2.05) is 18.2 Å². The van der Waals surface area contributed by atoms with E-state index in [4.69, 9.17) is 27.9 Å². The Balaban J connectivity index is 1.89. The second-order valence-electron chi connectivity index (χ2n) is 4.48. The molecule has 0 aliphatic rings. The highest BCUT2D eigenvalue weighted by atomic mass is 35.5. The van der Waals surface area contributed by atoms with E-state index in [9.17, 15) is 4.79 Å². The van der Waals surface area contributed by atoms with Crippen molar-refractivity contribution in [1.82, 2.24) is 5.43 Å². The number of rotatable bonds is 6. The number of nitrogens with zero attached hydrogens (tertiary/aromatic N) is 1. The SMILES string of the molecule is COc1ccccc1NCC(=O)N/N=C/c1c(Cl)cccc1Cl. The molecule has 120 valence electrons. The largest absolute Gasteiger partial charge is 0.495 e. The second kappa shape index (κ2) is 8.41. The average molecular weight is 352 g/mol. The predicted octanol–water partition coefficient (Wildman–Crippen LogP) is 3.56. The molecule has 23 heavy (non-hydrogen) atoms. The molecule has 0 unspecified atom stereocenters. The number of hydrogen-bond acceptors (Lipinski definition) is 4. The Hall–Kier alpha value is -2.24. The number of anilines is 1. The molecule has 0 bridgehead atoms. The van der Waals surface area contributed by atoms with E-state index in [1.165, 1.54) is 6.21 Å². The highest BCUT2D eigenvalue weighted by molar-refractivity contribution is 6.38. The topological polar surface area (TPSA) is 62.7 Å². The lowest BCUT2D eigenvalue weighted by Gasteiger charge is -2.09. The van der Waals surface area contributed by atoms with Crippen molar-refractivity contribution in [1.29, 1.82) is 0 Å². The molecule has 0 radical (unpaired) electrons. The monoisotopic (exact) mass is 351 g/mol. The molecule has 1 amide bonds. The van der Waals surface area contributed by atoms with E-state index in [1.54, 1.807) is 31.4 Å². The Labute approximate surface area is 144 Å². The number of carbonyl (C=O) groups is 1. The van der Waals surface area contributed by atoms with E-state index in [0.717, 1.165) is 5.69 Å². The normalized spacial score (nSPS) is 10.6. The summed E-state index contributed by atoms with van der Waals surface area (Å²) >= 11 is 12.0. The Kier molecular flexibility index (Phi) is 6.26. The smallest absolute Gasteiger partial charge is 0.259 e. The number of carbonyl (C=O) groups excluding carboxylic acids is 1. The van der Waals surface area contributed by atoms with Crippen LogP contribution < -0.4 is 15.5 Å². The van der Waals surface area contributed by atoms with Gasteiger partial charge in [0.1, 0.15) is 5.75 Å². The Morgan fingerprint density at radius 3 is 2.57 bits per heavy atom. The number of nitrogens with one attached hydrogen (secondary N) is 2. The first-order chi connectivity index (χ1) is 11.1. The van der Waals surface area contributed by atoms with Gasteiger partial charge in [-0.25, -0.2) is 5.43 Å². The first-order valence-electron chi connectivity index (χ1n) is 6.74. The van der Waals surface area contributed by atoms with Crippen LogP contribution in [0.4, 0.5) is 5.69 Å². The molecule has 5 nitrogen and oxygen atoms in total. The summed E-state index contributed by atoms with van der Waals surface area (Å²) in [5, 5.41) is 7.75. The molecule has 0 spiro atoms. The van der Waals surface area contributed by atoms with Gasteiger partial charge in [0, 0.05) is 5.56 Å². The number of para-hydroxylation sites is 2. The van der Waals surface area contributed by atoms with Crippen LogP contribution in [0, 0.1) is 0 Å². The van der Waals surface area contributed by atoms with E-state index in [0.29, 0.717) is 21.4 Å². The van der Waals surface area contributed by atoms with Crippen LogP contribution >= 0.6 is 23.2 Å². The summed E-state index contributed by atoms with van der Waals surface area (Å²) < 4.78 is 5.19. The van der Waals surface area contributed by atoms with Crippen LogP contribution in [-0.4, -0.2) is 25.8 Å². The fourth-order valence-corrected chi connectivity index (χ4v) is 2.30. The molecule has 0 saturated heterocycles. The number of hydrogen-bond donors (Lipinski definition) is 2. The van der Waals surface area contributed by atoms with Crippen molar-refractivity contribution in [3.63, 3.8) is 0 Å². The molecule has 0 saturated carbocycles. The van der Waals surface area contributed by atoms with Gasteiger partial charge in [-0.3, -0.25) is 4.79 Å². The minimum absolute atomic E-state index is 0.0496. The summed E-state index contributed by atoms with van der Waals surface area (Å²) in [6.07, 6.45) is 1.41. The maximum atomic E-state index is 11.8. The molecule has 0 fully saturated rings. The predicted molar refractivity (Wildman–Crippen MR) is 93.7 cm³/mol. The first-order valence-corrected chi connectivity index (χ1v) is 7.50. The molecule has 2 aromatic rings. The minimum Gasteiger partial charge on any atom is -0.495 e. The molecule has 0 aromatic heterocycles. The molecule has 2 aromatic carbocycles. The lowest BCUT2D eigenvalue weighted by Crippen LogP contribution is -2.26. The molecule has 0 aliphatic carbocycles. The van der Waals surface area contributed by atoms with Gasteiger partial charge in [0.05, 0.1) is 35.6 Å². The molecule has 2 rings (SSSR count). The van der Waals surface area contributed by atoms with Crippen LogP contribution in [0.1, 0.15) is 5.56 Å². The van der Waals surface area contributed by atoms with Crippen molar-refractivity contribution in [2.75, 3.05) is 19.0 Å². The molecular formula is C16H15Cl2N3O2. The van der Waals surface area contributed by atoms with Crippen LogP contribution in [0.25, 0.3) is 0 Å². The molecule has 7 heteroatoms. The number of methoxy groups -OCH3 is 1. The third kappa shape index (κ3) is 4.87.